The number of hydrogen-bond acceptors (Lipinski definition) is 4. The van der Waals surface area contributed by atoms with Crippen LogP contribution in [0.2, 0.25) is 0 Å². The molecule has 140 valence electrons. The van der Waals surface area contributed by atoms with Crippen molar-refractivity contribution in [3.05, 3.63) is 11.6 Å². The van der Waals surface area contributed by atoms with Crippen molar-refractivity contribution in [2.75, 3.05) is 0 Å². The molecule has 0 aromatic rings. The Morgan fingerprint density at radius 2 is 1.48 bits per heavy atom. The number of hydrogen-bond donors (Lipinski definition) is 0. The van der Waals surface area contributed by atoms with Crippen LogP contribution in [0.3, 0.4) is 0 Å². The van der Waals surface area contributed by atoms with Gasteiger partial charge in [0, 0.05) is 25.8 Å². The second-order valence-corrected chi connectivity index (χ2v) is 8.88. The molecule has 1 atom stereocenters. The van der Waals surface area contributed by atoms with E-state index in [0.29, 0.717) is 19.3 Å². The van der Waals surface area contributed by atoms with Gasteiger partial charge in [-0.1, -0.05) is 40.7 Å². The van der Waals surface area contributed by atoms with E-state index in [1.165, 1.54) is 5.57 Å². The second kappa shape index (κ2) is 9.52. The first-order chi connectivity index (χ1) is 10.9. The molecule has 0 amide bonds. The fourth-order valence-electron chi connectivity index (χ4n) is 3.96. The highest BCUT2D eigenvalue weighted by Crippen LogP contribution is 2.43. The monoisotopic (exact) mass is 346 g/mol. The van der Waals surface area contributed by atoms with Crippen LogP contribution in [0.1, 0.15) is 81.1 Å². The minimum atomic E-state index is -0.418. The van der Waals surface area contributed by atoms with Crippen LogP contribution in [0.25, 0.3) is 0 Å². The summed E-state index contributed by atoms with van der Waals surface area (Å²) in [5.41, 5.74) is 1.02. The van der Waals surface area contributed by atoms with Crippen LogP contribution in [-0.4, -0.2) is 11.6 Å². The average Bonchev–Trinajstić information content (AvgIpc) is 2.36. The van der Waals surface area contributed by atoms with Crippen molar-refractivity contribution >= 4 is 11.6 Å². The van der Waals surface area contributed by atoms with Gasteiger partial charge in [0.15, 0.2) is 5.78 Å². The molecule has 2 aliphatic rings. The maximum atomic E-state index is 11.3. The molecule has 0 aliphatic heterocycles. The number of allylic oxidation sites excluding steroid dienone is 2. The number of Topliss-reactive ketones (excluding diaryl/α,β-unsaturated/α-hetero) is 1. The number of nitriles is 2. The first-order valence-corrected chi connectivity index (χ1v) is 8.25. The smallest absolute Gasteiger partial charge is 0.156 e. The summed E-state index contributed by atoms with van der Waals surface area (Å²) in [5, 5.41) is 15.4. The number of carbonyl (C=O) groups is 2. The van der Waals surface area contributed by atoms with E-state index in [-0.39, 0.29) is 29.8 Å². The third-order valence-electron chi connectivity index (χ3n) is 4.22. The van der Waals surface area contributed by atoms with Gasteiger partial charge in [0.25, 0.3) is 0 Å². The zero-order valence-corrected chi connectivity index (χ0v) is 15.9. The van der Waals surface area contributed by atoms with Crippen LogP contribution in [0, 0.1) is 39.4 Å². The molecule has 25 heavy (non-hydrogen) atoms. The normalized spacial score (nSPS) is 26.3. The minimum absolute atomic E-state index is 0. The number of ketones is 2. The number of rotatable bonds is 0. The lowest BCUT2D eigenvalue weighted by Gasteiger charge is -2.37. The van der Waals surface area contributed by atoms with Gasteiger partial charge in [-0.05, 0) is 43.6 Å². The molecule has 1 fully saturated rings. The van der Waals surface area contributed by atoms with Gasteiger partial charge in [0.05, 0.1) is 11.5 Å². The highest BCUT2D eigenvalue weighted by Gasteiger charge is 2.40. The van der Waals surface area contributed by atoms with Crippen molar-refractivity contribution < 1.29 is 9.59 Å². The SMILES string of the molecule is C.C#N.CC1(C)CC(=O)CC(C)(C#N)C1.CC1=CC(=O)CC(C)(C)C1. The van der Waals surface area contributed by atoms with Gasteiger partial charge in [-0.2, -0.15) is 5.26 Å². The molecule has 4 nitrogen and oxygen atoms in total. The summed E-state index contributed by atoms with van der Waals surface area (Å²) in [6, 6.07) is 2.25. The molecule has 0 bridgehead atoms. The Bertz CT molecular complexity index is 576. The summed E-state index contributed by atoms with van der Waals surface area (Å²) in [6.07, 6.45) is 5.45. The van der Waals surface area contributed by atoms with Gasteiger partial charge in [-0.25, -0.2) is 5.26 Å². The van der Waals surface area contributed by atoms with Crippen molar-refractivity contribution in [2.24, 2.45) is 16.2 Å². The van der Waals surface area contributed by atoms with Crippen molar-refractivity contribution in [2.45, 2.75) is 81.1 Å². The van der Waals surface area contributed by atoms with E-state index in [9.17, 15) is 9.59 Å². The second-order valence-electron chi connectivity index (χ2n) is 8.88. The molecule has 0 spiro atoms. The lowest BCUT2D eigenvalue weighted by Crippen LogP contribution is -2.34. The van der Waals surface area contributed by atoms with Gasteiger partial charge >= 0.3 is 0 Å². The van der Waals surface area contributed by atoms with E-state index in [1.807, 2.05) is 13.8 Å². The van der Waals surface area contributed by atoms with E-state index >= 15 is 0 Å². The fourth-order valence-corrected chi connectivity index (χ4v) is 3.96. The Balaban J connectivity index is 0. The number of carbonyl (C=O) groups excluding carboxylic acids is 2. The van der Waals surface area contributed by atoms with Crippen molar-refractivity contribution in [1.29, 1.82) is 10.5 Å². The summed E-state index contributed by atoms with van der Waals surface area (Å²) in [4.78, 5) is 22.3. The topological polar surface area (TPSA) is 81.7 Å². The van der Waals surface area contributed by atoms with Gasteiger partial charge in [-0.3, -0.25) is 9.59 Å². The van der Waals surface area contributed by atoms with E-state index in [1.54, 1.807) is 6.08 Å². The molecule has 0 heterocycles. The molecule has 0 radical (unpaired) electrons. The molecule has 0 aromatic heterocycles. The first kappa shape index (κ1) is 25.3. The molecular formula is C21H34N2O2. The van der Waals surface area contributed by atoms with Crippen LogP contribution in [0.5, 0.6) is 0 Å². The Morgan fingerprint density at radius 3 is 1.84 bits per heavy atom. The first-order valence-electron chi connectivity index (χ1n) is 8.25. The molecular weight excluding hydrogens is 312 g/mol. The summed E-state index contributed by atoms with van der Waals surface area (Å²) < 4.78 is 0. The molecule has 1 unspecified atom stereocenters. The molecule has 4 heteroatoms. The van der Waals surface area contributed by atoms with Crippen LogP contribution in [0.4, 0.5) is 0 Å². The van der Waals surface area contributed by atoms with Crippen LogP contribution in [-0.2, 0) is 9.59 Å². The maximum absolute atomic E-state index is 11.3. The van der Waals surface area contributed by atoms with Crippen molar-refractivity contribution in [3.63, 3.8) is 0 Å². The quantitative estimate of drug-likeness (QED) is 0.588. The van der Waals surface area contributed by atoms with Gasteiger partial charge in [0.2, 0.25) is 0 Å². The minimum Gasteiger partial charge on any atom is -0.300 e. The molecule has 2 rings (SSSR count). The molecule has 0 saturated heterocycles. The predicted molar refractivity (Wildman–Crippen MR) is 102 cm³/mol. The lowest BCUT2D eigenvalue weighted by molar-refractivity contribution is -0.126. The summed E-state index contributed by atoms with van der Waals surface area (Å²) in [6.45, 7) is 15.8. The number of nitrogens with zero attached hydrogens (tertiary/aromatic N) is 2. The zero-order valence-electron chi connectivity index (χ0n) is 15.9. The Morgan fingerprint density at radius 1 is 0.960 bits per heavy atom. The Labute approximate surface area is 153 Å². The van der Waals surface area contributed by atoms with E-state index in [2.05, 4.69) is 40.3 Å². The average molecular weight is 347 g/mol. The Kier molecular flexibility index (Phi) is 9.63. The zero-order chi connectivity index (χ0) is 19.2. The highest BCUT2D eigenvalue weighted by molar-refractivity contribution is 5.91. The predicted octanol–water partition coefficient (Wildman–Crippen LogP) is 5.39. The molecule has 2 aliphatic carbocycles. The maximum Gasteiger partial charge on any atom is 0.156 e. The summed E-state index contributed by atoms with van der Waals surface area (Å²) >= 11 is 0. The van der Waals surface area contributed by atoms with Crippen molar-refractivity contribution in [3.8, 4) is 12.6 Å². The van der Waals surface area contributed by atoms with Gasteiger partial charge in [-0.15, -0.1) is 0 Å². The summed E-state index contributed by atoms with van der Waals surface area (Å²) in [7, 11) is 0. The lowest BCUT2D eigenvalue weighted by atomic mass is 9.65. The molecule has 0 N–H and O–H groups in total. The summed E-state index contributed by atoms with van der Waals surface area (Å²) in [5.74, 6) is 0.518. The van der Waals surface area contributed by atoms with Gasteiger partial charge < -0.3 is 0 Å². The standard InChI is InChI=1S/C10H15NO.C9H14O.CHN.CH4/c1-9(2)4-8(12)5-10(3,6-9)7-11;1-7-4-8(10)6-9(2,3)5-7;1-2;/h4-6H2,1-3H3;4H,5-6H2,1-3H3;1H;1H4. The third kappa shape index (κ3) is 9.20. The Hall–Kier alpha value is -1.94. The van der Waals surface area contributed by atoms with Crippen LogP contribution in [0.15, 0.2) is 11.6 Å². The third-order valence-corrected chi connectivity index (χ3v) is 4.22. The fraction of sp³-hybridized carbons (Fsp3) is 0.714. The van der Waals surface area contributed by atoms with Crippen molar-refractivity contribution in [1.82, 2.24) is 0 Å². The van der Waals surface area contributed by atoms with Crippen LogP contribution >= 0.6 is 0 Å². The molecule has 1 saturated carbocycles. The highest BCUT2D eigenvalue weighted by atomic mass is 16.1. The molecule has 0 aromatic carbocycles. The van der Waals surface area contributed by atoms with Crippen LogP contribution < -0.4 is 0 Å². The van der Waals surface area contributed by atoms with E-state index in [4.69, 9.17) is 10.5 Å². The van der Waals surface area contributed by atoms with Gasteiger partial charge in [0.1, 0.15) is 5.78 Å². The van der Waals surface area contributed by atoms with E-state index < -0.39 is 5.41 Å². The largest absolute Gasteiger partial charge is 0.300 e. The van der Waals surface area contributed by atoms with E-state index in [0.717, 1.165) is 12.8 Å².